The molecule has 0 aliphatic carbocycles. The molecule has 0 heterocycles. The molecule has 0 bridgehead atoms. The minimum absolute atomic E-state index is 0.126. The Morgan fingerprint density at radius 1 is 0.923 bits per heavy atom. The summed E-state index contributed by atoms with van der Waals surface area (Å²) in [5, 5.41) is 5.90. The Hall–Kier alpha value is -3.35. The van der Waals surface area contributed by atoms with Gasteiger partial charge in [-0.1, -0.05) is 57.2 Å². The summed E-state index contributed by atoms with van der Waals surface area (Å²) >= 11 is 0. The van der Waals surface area contributed by atoms with Gasteiger partial charge in [-0.25, -0.2) is 4.79 Å². The highest BCUT2D eigenvalue weighted by Gasteiger charge is 2.36. The van der Waals surface area contributed by atoms with Crippen LogP contribution >= 0.6 is 0 Å². The van der Waals surface area contributed by atoms with Crippen LogP contribution in [0.25, 0.3) is 0 Å². The average molecular weight is 538 g/mol. The highest BCUT2D eigenvalue weighted by molar-refractivity contribution is 6.00. The zero-order chi connectivity index (χ0) is 29.5. The van der Waals surface area contributed by atoms with E-state index in [1.54, 1.807) is 25.7 Å². The van der Waals surface area contributed by atoms with Crippen molar-refractivity contribution in [3.05, 3.63) is 64.2 Å². The maximum Gasteiger partial charge on any atom is 0.408 e. The van der Waals surface area contributed by atoms with Crippen LogP contribution in [0.3, 0.4) is 0 Å². The second-order valence-electron chi connectivity index (χ2n) is 11.9. The number of benzene rings is 2. The molecule has 7 nitrogen and oxygen atoms in total. The van der Waals surface area contributed by atoms with Crippen LogP contribution in [-0.2, 0) is 14.3 Å². The number of alkyl carbamates (subject to hydrolysis) is 1. The average Bonchev–Trinajstić information content (AvgIpc) is 2.81. The molecule has 0 spiro atoms. The molecule has 7 heteroatoms. The number of anilines is 1. The monoisotopic (exact) mass is 537 g/mol. The van der Waals surface area contributed by atoms with Crippen molar-refractivity contribution in [3.8, 4) is 0 Å². The fourth-order valence-corrected chi connectivity index (χ4v) is 4.56. The van der Waals surface area contributed by atoms with E-state index in [2.05, 4.69) is 10.6 Å². The second kappa shape index (κ2) is 13.6. The van der Waals surface area contributed by atoms with E-state index >= 15 is 0 Å². The van der Waals surface area contributed by atoms with Crippen LogP contribution in [0.4, 0.5) is 10.5 Å². The van der Waals surface area contributed by atoms with Crippen LogP contribution in [0, 0.1) is 33.6 Å². The van der Waals surface area contributed by atoms with E-state index in [0.29, 0.717) is 19.4 Å². The van der Waals surface area contributed by atoms with Crippen molar-refractivity contribution in [2.45, 2.75) is 99.8 Å². The highest BCUT2D eigenvalue weighted by atomic mass is 16.6. The summed E-state index contributed by atoms with van der Waals surface area (Å²) in [5.74, 6) is -0.477. The maximum absolute atomic E-state index is 14.2. The van der Waals surface area contributed by atoms with Gasteiger partial charge in [-0.15, -0.1) is 0 Å². The Bertz CT molecular complexity index is 1150. The van der Waals surface area contributed by atoms with Crippen LogP contribution < -0.4 is 10.6 Å². The lowest BCUT2D eigenvalue weighted by molar-refractivity contribution is -0.141. The summed E-state index contributed by atoms with van der Waals surface area (Å²) in [7, 11) is 0. The molecule has 2 unspecified atom stereocenters. The molecule has 3 amide bonds. The summed E-state index contributed by atoms with van der Waals surface area (Å²) in [6, 6.07) is 9.98. The van der Waals surface area contributed by atoms with Gasteiger partial charge in [0.1, 0.15) is 17.7 Å². The number of hydrogen-bond acceptors (Lipinski definition) is 4. The molecule has 2 rings (SSSR count). The number of carbonyl (C=O) groups is 3. The molecular weight excluding hydrogens is 490 g/mol. The Kier molecular flexibility index (Phi) is 11.1. The van der Waals surface area contributed by atoms with Gasteiger partial charge in [0.05, 0.1) is 0 Å². The Morgan fingerprint density at radius 2 is 1.54 bits per heavy atom. The molecule has 0 fully saturated rings. The summed E-state index contributed by atoms with van der Waals surface area (Å²) in [4.78, 5) is 42.6. The van der Waals surface area contributed by atoms with Gasteiger partial charge in [-0.2, -0.15) is 0 Å². The van der Waals surface area contributed by atoms with E-state index < -0.39 is 23.8 Å². The predicted molar refractivity (Wildman–Crippen MR) is 158 cm³/mol. The SMILES string of the molecule is CCCN(C(=O)C(CC(C)C)NC(=O)OC(C)(C)C)C(C(=O)Nc1c(C)cccc1C)c1ccc(C)c(C)c1. The summed E-state index contributed by atoms with van der Waals surface area (Å²) in [6.45, 7) is 19.6. The van der Waals surface area contributed by atoms with Crippen LogP contribution in [0.5, 0.6) is 0 Å². The third-order valence-corrected chi connectivity index (χ3v) is 6.58. The van der Waals surface area contributed by atoms with Gasteiger partial charge < -0.3 is 20.3 Å². The molecule has 0 saturated carbocycles. The van der Waals surface area contributed by atoms with Gasteiger partial charge >= 0.3 is 6.09 Å². The molecule has 0 aliphatic heterocycles. The maximum atomic E-state index is 14.2. The van der Waals surface area contributed by atoms with Crippen LogP contribution in [0.2, 0.25) is 0 Å². The summed E-state index contributed by atoms with van der Waals surface area (Å²) in [5.41, 5.74) is 4.79. The van der Waals surface area contributed by atoms with E-state index in [0.717, 1.165) is 33.5 Å². The fraction of sp³-hybridized carbons (Fsp3) is 0.531. The van der Waals surface area contributed by atoms with Crippen LogP contribution in [0.1, 0.15) is 88.2 Å². The number of aryl methyl sites for hydroxylation is 4. The quantitative estimate of drug-likeness (QED) is 0.350. The molecule has 0 saturated heterocycles. The van der Waals surface area contributed by atoms with Crippen LogP contribution in [-0.4, -0.2) is 41.0 Å². The standard InChI is InChI=1S/C32H47N3O4/c1-11-17-35(30(37)26(18-20(2)3)33-31(38)39-32(8,9)10)28(25-16-15-21(4)24(7)19-25)29(36)34-27-22(5)13-12-14-23(27)6/h12-16,19-20,26,28H,11,17-18H2,1-10H3,(H,33,38)(H,34,36). The highest BCUT2D eigenvalue weighted by Crippen LogP contribution is 2.29. The molecular formula is C32H47N3O4. The molecule has 2 aromatic carbocycles. The van der Waals surface area contributed by atoms with Crippen molar-refractivity contribution in [1.29, 1.82) is 0 Å². The largest absolute Gasteiger partial charge is 0.444 e. The fourth-order valence-electron chi connectivity index (χ4n) is 4.56. The van der Waals surface area contributed by atoms with Gasteiger partial charge in [-0.3, -0.25) is 9.59 Å². The first-order valence-electron chi connectivity index (χ1n) is 13.9. The first-order valence-corrected chi connectivity index (χ1v) is 13.9. The third kappa shape index (κ3) is 9.12. The van der Waals surface area contributed by atoms with Crippen molar-refractivity contribution in [3.63, 3.8) is 0 Å². The number of rotatable bonds is 10. The van der Waals surface area contributed by atoms with E-state index in [-0.39, 0.29) is 17.7 Å². The van der Waals surface area contributed by atoms with Gasteiger partial charge in [-0.05, 0) is 95.0 Å². The van der Waals surface area contributed by atoms with Gasteiger partial charge in [0.2, 0.25) is 5.91 Å². The van der Waals surface area contributed by atoms with Crippen molar-refractivity contribution in [2.75, 3.05) is 11.9 Å². The third-order valence-electron chi connectivity index (χ3n) is 6.58. The molecule has 39 heavy (non-hydrogen) atoms. The number of ether oxygens (including phenoxy) is 1. The topological polar surface area (TPSA) is 87.7 Å². The minimum atomic E-state index is -0.883. The van der Waals surface area contributed by atoms with E-state index in [1.807, 2.05) is 84.9 Å². The normalized spacial score (nSPS) is 13.0. The number of nitrogens with zero attached hydrogens (tertiary/aromatic N) is 1. The van der Waals surface area contributed by atoms with Gasteiger partial charge in [0.15, 0.2) is 0 Å². The first kappa shape index (κ1) is 31.9. The number of hydrogen-bond donors (Lipinski definition) is 2. The molecule has 214 valence electrons. The summed E-state index contributed by atoms with van der Waals surface area (Å²) < 4.78 is 5.47. The number of para-hydroxylation sites is 1. The van der Waals surface area contributed by atoms with E-state index in [1.165, 1.54) is 0 Å². The zero-order valence-corrected chi connectivity index (χ0v) is 25.4. The van der Waals surface area contributed by atoms with Crippen LogP contribution in [0.15, 0.2) is 36.4 Å². The first-order chi connectivity index (χ1) is 18.1. The van der Waals surface area contributed by atoms with Crippen molar-refractivity contribution >= 4 is 23.6 Å². The van der Waals surface area contributed by atoms with Gasteiger partial charge in [0.25, 0.3) is 5.91 Å². The molecule has 0 aromatic heterocycles. The van der Waals surface area contributed by atoms with E-state index in [4.69, 9.17) is 4.74 Å². The molecule has 2 atom stereocenters. The lowest BCUT2D eigenvalue weighted by Crippen LogP contribution is -2.53. The molecule has 0 aliphatic rings. The number of amides is 3. The van der Waals surface area contributed by atoms with E-state index in [9.17, 15) is 14.4 Å². The lowest BCUT2D eigenvalue weighted by Gasteiger charge is -2.35. The predicted octanol–water partition coefficient (Wildman–Crippen LogP) is 6.78. The zero-order valence-electron chi connectivity index (χ0n) is 25.4. The smallest absolute Gasteiger partial charge is 0.408 e. The lowest BCUT2D eigenvalue weighted by atomic mass is 9.96. The Balaban J connectivity index is 2.58. The number of nitrogens with one attached hydrogen (secondary N) is 2. The second-order valence-corrected chi connectivity index (χ2v) is 11.9. The van der Waals surface area contributed by atoms with Crippen molar-refractivity contribution in [2.24, 2.45) is 5.92 Å². The van der Waals surface area contributed by atoms with Crippen molar-refractivity contribution in [1.82, 2.24) is 10.2 Å². The molecule has 0 radical (unpaired) electrons. The molecule has 2 N–H and O–H groups in total. The van der Waals surface area contributed by atoms with Gasteiger partial charge in [0, 0.05) is 12.2 Å². The Labute approximate surface area is 234 Å². The van der Waals surface area contributed by atoms with Crippen molar-refractivity contribution < 1.29 is 19.1 Å². The number of carbonyl (C=O) groups excluding carboxylic acids is 3. The molecule has 2 aromatic rings. The minimum Gasteiger partial charge on any atom is -0.444 e. The Morgan fingerprint density at radius 3 is 2.05 bits per heavy atom. The summed E-state index contributed by atoms with van der Waals surface area (Å²) in [6.07, 6.45) is 0.404.